The maximum Gasteiger partial charge on any atom is 0.451 e. The maximum absolute atomic E-state index is 13.3. The lowest BCUT2D eigenvalue weighted by Crippen LogP contribution is -2.18. The number of hydrogen-bond donors (Lipinski definition) is 1. The highest BCUT2D eigenvalue weighted by Crippen LogP contribution is 2.31. The minimum absolute atomic E-state index is 0.207. The number of benzene rings is 1. The van der Waals surface area contributed by atoms with Crippen LogP contribution >= 0.6 is 11.6 Å². The fourth-order valence-corrected chi connectivity index (χ4v) is 2.95. The van der Waals surface area contributed by atoms with Crippen LogP contribution in [0.15, 0.2) is 29.3 Å². The van der Waals surface area contributed by atoms with Crippen LogP contribution in [-0.2, 0) is 16.2 Å². The molecule has 0 fully saturated rings. The normalized spacial score (nSPS) is 12.1. The molecule has 0 atom stereocenters. The van der Waals surface area contributed by atoms with Crippen molar-refractivity contribution in [3.8, 4) is 5.75 Å². The van der Waals surface area contributed by atoms with Gasteiger partial charge >= 0.3 is 6.18 Å². The van der Waals surface area contributed by atoms with Gasteiger partial charge in [-0.05, 0) is 18.2 Å². The van der Waals surface area contributed by atoms with E-state index in [2.05, 4.69) is 9.97 Å². The number of sulfonamides is 1. The summed E-state index contributed by atoms with van der Waals surface area (Å²) in [6, 6.07) is 2.44. The summed E-state index contributed by atoms with van der Waals surface area (Å²) in [5.74, 6) is -3.61. The number of rotatable bonds is 4. The lowest BCUT2D eigenvalue weighted by Gasteiger charge is -2.13. The van der Waals surface area contributed by atoms with Crippen molar-refractivity contribution in [1.29, 1.82) is 0 Å². The smallest absolute Gasteiger partial charge is 0.451 e. The van der Waals surface area contributed by atoms with Crippen LogP contribution in [-0.4, -0.2) is 25.5 Å². The molecule has 2 aromatic rings. The molecule has 2 rings (SSSR count). The summed E-state index contributed by atoms with van der Waals surface area (Å²) in [6.45, 7) is 0. The van der Waals surface area contributed by atoms with Crippen LogP contribution in [0.25, 0.3) is 0 Å². The predicted octanol–water partition coefficient (Wildman–Crippen LogP) is 3.10. The molecule has 130 valence electrons. The van der Waals surface area contributed by atoms with Gasteiger partial charge in [0.15, 0.2) is 11.6 Å². The molecule has 0 unspecified atom stereocenters. The minimum Gasteiger partial charge on any atom is -0.491 e. The van der Waals surface area contributed by atoms with E-state index in [1.165, 1.54) is 0 Å². The number of hydrogen-bond acceptors (Lipinski definition) is 5. The topological polar surface area (TPSA) is 81.2 Å². The van der Waals surface area contributed by atoms with Gasteiger partial charge in [-0.15, -0.1) is 0 Å². The van der Waals surface area contributed by atoms with Crippen molar-refractivity contribution in [3.63, 3.8) is 0 Å². The summed E-state index contributed by atoms with van der Waals surface area (Å²) in [7, 11) is -3.38. The van der Waals surface area contributed by atoms with Gasteiger partial charge in [0.05, 0.1) is 18.2 Å². The third-order valence-electron chi connectivity index (χ3n) is 2.61. The molecule has 0 bridgehead atoms. The van der Waals surface area contributed by atoms with Crippen molar-refractivity contribution in [1.82, 2.24) is 9.97 Å². The summed E-state index contributed by atoms with van der Waals surface area (Å²) < 4.78 is 82.2. The number of anilines is 1. The largest absolute Gasteiger partial charge is 0.491 e. The van der Waals surface area contributed by atoms with Crippen LogP contribution in [0.2, 0.25) is 5.02 Å². The van der Waals surface area contributed by atoms with E-state index in [-0.39, 0.29) is 10.8 Å². The molecule has 1 N–H and O–H groups in total. The Hall–Kier alpha value is -2.14. The average molecular weight is 386 g/mol. The first-order chi connectivity index (χ1) is 11.0. The predicted molar refractivity (Wildman–Crippen MR) is 75.8 cm³/mol. The molecule has 0 saturated heterocycles. The van der Waals surface area contributed by atoms with Gasteiger partial charge in [0.1, 0.15) is 5.82 Å². The fraction of sp³-hybridized carbons (Fsp3) is 0.167. The van der Waals surface area contributed by atoms with E-state index in [1.807, 2.05) is 0 Å². The van der Waals surface area contributed by atoms with Crippen molar-refractivity contribution in [2.45, 2.75) is 11.1 Å². The highest BCUT2D eigenvalue weighted by atomic mass is 35.5. The first-order valence-corrected chi connectivity index (χ1v) is 7.86. The summed E-state index contributed by atoms with van der Waals surface area (Å²) >= 11 is 5.57. The summed E-state index contributed by atoms with van der Waals surface area (Å²) in [6.07, 6.45) is -4.24. The van der Waals surface area contributed by atoms with Crippen LogP contribution in [0.1, 0.15) is 5.82 Å². The molecule has 24 heavy (non-hydrogen) atoms. The molecule has 0 saturated carbocycles. The number of methoxy groups -OCH3 is 1. The maximum atomic E-state index is 13.3. The second-order valence-electron chi connectivity index (χ2n) is 4.32. The van der Waals surface area contributed by atoms with Crippen molar-refractivity contribution in [2.75, 3.05) is 11.8 Å². The molecular formula is C12H8ClF4N3O3S. The molecule has 1 heterocycles. The van der Waals surface area contributed by atoms with Crippen LogP contribution in [0.3, 0.4) is 0 Å². The first-order valence-electron chi connectivity index (χ1n) is 6.00. The minimum atomic E-state index is -4.89. The van der Waals surface area contributed by atoms with E-state index in [0.29, 0.717) is 12.3 Å². The quantitative estimate of drug-likeness (QED) is 0.818. The van der Waals surface area contributed by atoms with E-state index in [1.54, 1.807) is 4.72 Å². The zero-order valence-electron chi connectivity index (χ0n) is 11.7. The van der Waals surface area contributed by atoms with Crippen molar-refractivity contribution in [3.05, 3.63) is 41.1 Å². The van der Waals surface area contributed by atoms with Gasteiger partial charge in [-0.2, -0.15) is 13.2 Å². The number of aromatic nitrogens is 2. The highest BCUT2D eigenvalue weighted by molar-refractivity contribution is 7.92. The molecule has 12 heteroatoms. The Morgan fingerprint density at radius 3 is 2.46 bits per heavy atom. The number of nitrogens with zero attached hydrogens (tertiary/aromatic N) is 2. The molecule has 0 aliphatic rings. The summed E-state index contributed by atoms with van der Waals surface area (Å²) in [4.78, 5) is 5.53. The van der Waals surface area contributed by atoms with E-state index < -0.39 is 38.6 Å². The van der Waals surface area contributed by atoms with Gasteiger partial charge in [0, 0.05) is 5.02 Å². The third-order valence-corrected chi connectivity index (χ3v) is 4.14. The number of ether oxygens (including phenoxy) is 1. The monoisotopic (exact) mass is 385 g/mol. The molecule has 0 aliphatic heterocycles. The second kappa shape index (κ2) is 6.40. The molecule has 0 radical (unpaired) electrons. The zero-order valence-corrected chi connectivity index (χ0v) is 13.3. The Balaban J connectivity index is 2.48. The fourth-order valence-electron chi connectivity index (χ4n) is 1.60. The average Bonchev–Trinajstić information content (AvgIpc) is 2.44. The standard InChI is InChI=1S/C12H8ClF4N3O3S/c1-23-9-5-18-11(12(15,16)17)19-10(9)20-24(21,22)8-3-6(13)2-7(14)4-8/h2-5H,1H3,(H,18,19,20). The third kappa shape index (κ3) is 4.03. The van der Waals surface area contributed by atoms with Crippen molar-refractivity contribution in [2.24, 2.45) is 0 Å². The van der Waals surface area contributed by atoms with Gasteiger partial charge in [-0.1, -0.05) is 11.6 Å². The highest BCUT2D eigenvalue weighted by Gasteiger charge is 2.36. The number of halogens is 5. The van der Waals surface area contributed by atoms with Crippen LogP contribution in [0, 0.1) is 5.82 Å². The van der Waals surface area contributed by atoms with Crippen LogP contribution in [0.5, 0.6) is 5.75 Å². The van der Waals surface area contributed by atoms with Crippen LogP contribution in [0.4, 0.5) is 23.4 Å². The molecule has 0 amide bonds. The number of alkyl halides is 3. The van der Waals surface area contributed by atoms with Gasteiger partial charge in [-0.25, -0.2) is 22.8 Å². The Labute approximate surface area is 138 Å². The first kappa shape index (κ1) is 18.2. The summed E-state index contributed by atoms with van der Waals surface area (Å²) in [5.41, 5.74) is 0. The van der Waals surface area contributed by atoms with Crippen molar-refractivity contribution >= 4 is 27.4 Å². The number of nitrogens with one attached hydrogen (secondary N) is 1. The van der Waals surface area contributed by atoms with Crippen LogP contribution < -0.4 is 9.46 Å². The van der Waals surface area contributed by atoms with Gasteiger partial charge < -0.3 is 4.74 Å². The molecule has 0 spiro atoms. The van der Waals surface area contributed by atoms with E-state index in [0.717, 1.165) is 19.2 Å². The zero-order chi connectivity index (χ0) is 18.1. The molecule has 1 aromatic heterocycles. The molecule has 0 aliphatic carbocycles. The van der Waals surface area contributed by atoms with Crippen molar-refractivity contribution < 1.29 is 30.7 Å². The Bertz CT molecular complexity index is 854. The molecular weight excluding hydrogens is 378 g/mol. The Kier molecular flexibility index (Phi) is 4.85. The summed E-state index contributed by atoms with van der Waals surface area (Å²) in [5, 5.41) is -0.207. The lowest BCUT2D eigenvalue weighted by molar-refractivity contribution is -0.144. The lowest BCUT2D eigenvalue weighted by atomic mass is 10.3. The Morgan fingerprint density at radius 1 is 1.25 bits per heavy atom. The Morgan fingerprint density at radius 2 is 1.92 bits per heavy atom. The SMILES string of the molecule is COc1cnc(C(F)(F)F)nc1NS(=O)(=O)c1cc(F)cc(Cl)c1. The van der Waals surface area contributed by atoms with Gasteiger partial charge in [0.25, 0.3) is 10.0 Å². The van der Waals surface area contributed by atoms with Gasteiger partial charge in [0.2, 0.25) is 5.82 Å². The van der Waals surface area contributed by atoms with Gasteiger partial charge in [-0.3, -0.25) is 4.72 Å². The van der Waals surface area contributed by atoms with E-state index >= 15 is 0 Å². The van der Waals surface area contributed by atoms with E-state index in [4.69, 9.17) is 16.3 Å². The van der Waals surface area contributed by atoms with E-state index in [9.17, 15) is 26.0 Å². The molecule has 6 nitrogen and oxygen atoms in total. The molecule has 1 aromatic carbocycles. The second-order valence-corrected chi connectivity index (χ2v) is 6.44.